The molecular formula is C20H23BrN2O4S. The van der Waals surface area contributed by atoms with E-state index < -0.39 is 10.0 Å². The van der Waals surface area contributed by atoms with Crippen LogP contribution in [-0.4, -0.2) is 56.8 Å². The summed E-state index contributed by atoms with van der Waals surface area (Å²) in [6.45, 7) is 1.42. The zero-order chi connectivity index (χ0) is 20.1. The monoisotopic (exact) mass is 466 g/mol. The number of benzene rings is 2. The fourth-order valence-corrected chi connectivity index (χ4v) is 5.08. The molecule has 2 aromatic carbocycles. The van der Waals surface area contributed by atoms with E-state index >= 15 is 0 Å². The topological polar surface area (TPSA) is 66.9 Å². The standard InChI is InChI=1S/C20H23BrN2O4S/c1-27-17-7-9-18(10-8-17)28(25,26)23-14-12-22(13-15-23)20(24)11-6-16-4-2-3-5-19(16)21/h2-5,7-10H,6,11-15H2,1H3. The Morgan fingerprint density at radius 2 is 1.68 bits per heavy atom. The van der Waals surface area contributed by atoms with Gasteiger partial charge in [0.1, 0.15) is 5.75 Å². The second-order valence-corrected chi connectivity index (χ2v) is 9.34. The largest absolute Gasteiger partial charge is 0.497 e. The fraction of sp³-hybridized carbons (Fsp3) is 0.350. The van der Waals surface area contributed by atoms with Crippen LogP contribution in [0.2, 0.25) is 0 Å². The van der Waals surface area contributed by atoms with E-state index in [1.807, 2.05) is 24.3 Å². The maximum atomic E-state index is 12.8. The first-order valence-corrected chi connectivity index (χ1v) is 11.3. The van der Waals surface area contributed by atoms with E-state index in [9.17, 15) is 13.2 Å². The zero-order valence-electron chi connectivity index (χ0n) is 15.7. The predicted octanol–water partition coefficient (Wildman–Crippen LogP) is 2.92. The van der Waals surface area contributed by atoms with Crippen molar-refractivity contribution in [1.82, 2.24) is 9.21 Å². The van der Waals surface area contributed by atoms with Crippen LogP contribution >= 0.6 is 15.9 Å². The van der Waals surface area contributed by atoms with E-state index in [2.05, 4.69) is 15.9 Å². The lowest BCUT2D eigenvalue weighted by molar-refractivity contribution is -0.132. The average Bonchev–Trinajstić information content (AvgIpc) is 2.73. The molecule has 0 aromatic heterocycles. The SMILES string of the molecule is COc1ccc(S(=O)(=O)N2CCN(C(=O)CCc3ccccc3Br)CC2)cc1. The highest BCUT2D eigenvalue weighted by atomic mass is 79.9. The number of carbonyl (C=O) groups is 1. The van der Waals surface area contributed by atoms with Gasteiger partial charge < -0.3 is 9.64 Å². The van der Waals surface area contributed by atoms with Crippen molar-refractivity contribution in [3.63, 3.8) is 0 Å². The van der Waals surface area contributed by atoms with Crippen molar-refractivity contribution in [3.8, 4) is 5.75 Å². The van der Waals surface area contributed by atoms with Gasteiger partial charge >= 0.3 is 0 Å². The van der Waals surface area contributed by atoms with Crippen LogP contribution in [0.4, 0.5) is 0 Å². The second-order valence-electron chi connectivity index (χ2n) is 6.55. The second kappa shape index (κ2) is 9.07. The Morgan fingerprint density at radius 1 is 1.04 bits per heavy atom. The lowest BCUT2D eigenvalue weighted by Crippen LogP contribution is -2.50. The van der Waals surface area contributed by atoms with Crippen molar-refractivity contribution < 1.29 is 17.9 Å². The Labute approximate surface area is 174 Å². The van der Waals surface area contributed by atoms with Gasteiger partial charge in [0.2, 0.25) is 15.9 Å². The van der Waals surface area contributed by atoms with E-state index in [1.165, 1.54) is 11.4 Å². The summed E-state index contributed by atoms with van der Waals surface area (Å²) in [7, 11) is -2.03. The number of hydrogen-bond acceptors (Lipinski definition) is 4. The highest BCUT2D eigenvalue weighted by molar-refractivity contribution is 9.10. The first-order valence-electron chi connectivity index (χ1n) is 9.07. The zero-order valence-corrected chi connectivity index (χ0v) is 18.1. The molecule has 6 nitrogen and oxygen atoms in total. The highest BCUT2D eigenvalue weighted by Crippen LogP contribution is 2.21. The van der Waals surface area contributed by atoms with E-state index in [0.29, 0.717) is 44.8 Å². The van der Waals surface area contributed by atoms with Gasteiger partial charge in [-0.15, -0.1) is 0 Å². The first-order chi connectivity index (χ1) is 13.4. The van der Waals surface area contributed by atoms with Crippen molar-refractivity contribution in [2.24, 2.45) is 0 Å². The minimum absolute atomic E-state index is 0.0530. The minimum atomic E-state index is -3.56. The number of aryl methyl sites for hydroxylation is 1. The number of sulfonamides is 1. The number of ether oxygens (including phenoxy) is 1. The lowest BCUT2D eigenvalue weighted by Gasteiger charge is -2.34. The molecule has 0 radical (unpaired) electrons. The molecule has 1 aliphatic heterocycles. The van der Waals surface area contributed by atoms with Gasteiger partial charge in [0.05, 0.1) is 12.0 Å². The summed E-state index contributed by atoms with van der Waals surface area (Å²) in [6.07, 6.45) is 1.07. The number of nitrogens with zero attached hydrogens (tertiary/aromatic N) is 2. The number of carbonyl (C=O) groups excluding carboxylic acids is 1. The molecule has 0 bridgehead atoms. The van der Waals surface area contributed by atoms with E-state index in [1.54, 1.807) is 29.2 Å². The summed E-state index contributed by atoms with van der Waals surface area (Å²) >= 11 is 3.50. The molecule has 0 N–H and O–H groups in total. The van der Waals surface area contributed by atoms with Crippen LogP contribution in [0.15, 0.2) is 57.9 Å². The molecule has 1 saturated heterocycles. The Hall–Kier alpha value is -1.90. The summed E-state index contributed by atoms with van der Waals surface area (Å²) in [5.41, 5.74) is 1.09. The predicted molar refractivity (Wildman–Crippen MR) is 111 cm³/mol. The Kier molecular flexibility index (Phi) is 6.74. The highest BCUT2D eigenvalue weighted by Gasteiger charge is 2.30. The number of rotatable bonds is 6. The van der Waals surface area contributed by atoms with Crippen LogP contribution in [0.1, 0.15) is 12.0 Å². The number of amides is 1. The molecule has 0 spiro atoms. The maximum Gasteiger partial charge on any atom is 0.243 e. The van der Waals surface area contributed by atoms with Crippen molar-refractivity contribution in [3.05, 3.63) is 58.6 Å². The number of hydrogen-bond donors (Lipinski definition) is 0. The summed E-state index contributed by atoms with van der Waals surface area (Å²) < 4.78 is 33.1. The molecule has 150 valence electrons. The van der Waals surface area contributed by atoms with Gasteiger partial charge in [0.25, 0.3) is 0 Å². The van der Waals surface area contributed by atoms with Gasteiger partial charge in [-0.2, -0.15) is 4.31 Å². The molecule has 1 heterocycles. The molecule has 0 unspecified atom stereocenters. The molecule has 0 atom stereocenters. The van der Waals surface area contributed by atoms with Crippen molar-refractivity contribution in [1.29, 1.82) is 0 Å². The number of halogens is 1. The third kappa shape index (κ3) is 4.74. The number of piperazine rings is 1. The van der Waals surface area contributed by atoms with Gasteiger partial charge in [-0.05, 0) is 42.3 Å². The van der Waals surface area contributed by atoms with Crippen molar-refractivity contribution in [2.75, 3.05) is 33.3 Å². The summed E-state index contributed by atoms with van der Waals surface area (Å²) in [4.78, 5) is 14.5. The maximum absolute atomic E-state index is 12.8. The van der Waals surface area contributed by atoms with E-state index in [0.717, 1.165) is 10.0 Å². The average molecular weight is 467 g/mol. The number of methoxy groups -OCH3 is 1. The van der Waals surface area contributed by atoms with Crippen molar-refractivity contribution in [2.45, 2.75) is 17.7 Å². The van der Waals surface area contributed by atoms with E-state index in [-0.39, 0.29) is 10.8 Å². The van der Waals surface area contributed by atoms with Crippen LogP contribution in [0.25, 0.3) is 0 Å². The molecule has 1 fully saturated rings. The molecule has 0 saturated carbocycles. The molecule has 0 aliphatic carbocycles. The van der Waals surface area contributed by atoms with Gasteiger partial charge in [-0.25, -0.2) is 8.42 Å². The third-order valence-electron chi connectivity index (χ3n) is 4.85. The quantitative estimate of drug-likeness (QED) is 0.656. The van der Waals surface area contributed by atoms with Gasteiger partial charge in [0.15, 0.2) is 0 Å². The summed E-state index contributed by atoms with van der Waals surface area (Å²) in [5.74, 6) is 0.664. The van der Waals surface area contributed by atoms with E-state index in [4.69, 9.17) is 4.74 Å². The molecule has 1 aliphatic rings. The normalized spacial score (nSPS) is 15.4. The van der Waals surface area contributed by atoms with Crippen molar-refractivity contribution >= 4 is 31.9 Å². The Balaban J connectivity index is 1.55. The molecule has 8 heteroatoms. The first kappa shape index (κ1) is 20.8. The van der Waals surface area contributed by atoms with Crippen LogP contribution in [-0.2, 0) is 21.2 Å². The third-order valence-corrected chi connectivity index (χ3v) is 7.54. The molecule has 2 aromatic rings. The molecule has 3 rings (SSSR count). The van der Waals surface area contributed by atoms with Crippen LogP contribution in [0.5, 0.6) is 5.75 Å². The Morgan fingerprint density at radius 3 is 2.29 bits per heavy atom. The Bertz CT molecular complexity index is 923. The van der Waals surface area contributed by atoms with Crippen LogP contribution < -0.4 is 4.74 Å². The molecular weight excluding hydrogens is 444 g/mol. The van der Waals surface area contributed by atoms with Gasteiger partial charge in [-0.3, -0.25) is 4.79 Å². The fourth-order valence-electron chi connectivity index (χ4n) is 3.18. The minimum Gasteiger partial charge on any atom is -0.497 e. The lowest BCUT2D eigenvalue weighted by atomic mass is 10.1. The molecule has 28 heavy (non-hydrogen) atoms. The van der Waals surface area contributed by atoms with Crippen LogP contribution in [0.3, 0.4) is 0 Å². The van der Waals surface area contributed by atoms with Gasteiger partial charge in [-0.1, -0.05) is 34.1 Å². The summed E-state index contributed by atoms with van der Waals surface area (Å²) in [5, 5.41) is 0. The van der Waals surface area contributed by atoms with Gasteiger partial charge in [0, 0.05) is 37.1 Å². The molecule has 1 amide bonds. The smallest absolute Gasteiger partial charge is 0.243 e. The summed E-state index contributed by atoms with van der Waals surface area (Å²) in [6, 6.07) is 14.2. The van der Waals surface area contributed by atoms with Crippen LogP contribution in [0, 0.1) is 0 Å².